The van der Waals surface area contributed by atoms with E-state index in [9.17, 15) is 0 Å². The Morgan fingerprint density at radius 1 is 1.09 bits per heavy atom. The summed E-state index contributed by atoms with van der Waals surface area (Å²) < 4.78 is 0. The van der Waals surface area contributed by atoms with Crippen LogP contribution in [0.5, 0.6) is 0 Å². The van der Waals surface area contributed by atoms with Crippen molar-refractivity contribution >= 4 is 0 Å². The fraction of sp³-hybridized carbons (Fsp3) is 1.00. The van der Waals surface area contributed by atoms with Crippen molar-refractivity contribution in [2.45, 2.75) is 44.9 Å². The lowest BCUT2D eigenvalue weighted by Gasteiger charge is -2.46. The van der Waals surface area contributed by atoms with Crippen LogP contribution in [0.1, 0.15) is 44.9 Å². The van der Waals surface area contributed by atoms with E-state index < -0.39 is 0 Å². The van der Waals surface area contributed by atoms with Crippen LogP contribution in [-0.4, -0.2) is 6.54 Å². The van der Waals surface area contributed by atoms with Gasteiger partial charge in [0.2, 0.25) is 0 Å². The molecule has 0 bridgehead atoms. The van der Waals surface area contributed by atoms with Gasteiger partial charge < -0.3 is 5.73 Å². The number of hydrogen-bond donors (Lipinski definition) is 1. The summed E-state index contributed by atoms with van der Waals surface area (Å²) in [4.78, 5) is 0. The van der Waals surface area contributed by atoms with Gasteiger partial charge in [-0.3, -0.25) is 0 Å². The molecule has 2 aliphatic rings. The molecule has 0 radical (unpaired) electrons. The minimum Gasteiger partial charge on any atom is -0.330 e. The van der Waals surface area contributed by atoms with E-state index in [1.807, 2.05) is 0 Å². The van der Waals surface area contributed by atoms with Gasteiger partial charge in [0.15, 0.2) is 0 Å². The Morgan fingerprint density at radius 3 is 2.09 bits per heavy atom. The van der Waals surface area contributed by atoms with Crippen LogP contribution >= 0.6 is 0 Å². The Kier molecular flexibility index (Phi) is 1.92. The van der Waals surface area contributed by atoms with E-state index in [-0.39, 0.29) is 0 Å². The molecule has 2 saturated carbocycles. The highest BCUT2D eigenvalue weighted by molar-refractivity contribution is 4.95. The third-order valence-electron chi connectivity index (χ3n) is 3.98. The average molecular weight is 153 g/mol. The molecule has 0 heterocycles. The second-order valence-corrected chi connectivity index (χ2v) is 4.40. The molecule has 0 aromatic heterocycles. The number of nitrogens with two attached hydrogens (primary N) is 1. The maximum Gasteiger partial charge on any atom is -0.00179 e. The molecule has 11 heavy (non-hydrogen) atoms. The highest BCUT2D eigenvalue weighted by Crippen LogP contribution is 2.51. The summed E-state index contributed by atoms with van der Waals surface area (Å²) in [7, 11) is 0. The lowest BCUT2D eigenvalue weighted by atomic mass is 9.60. The summed E-state index contributed by atoms with van der Waals surface area (Å²) in [6, 6.07) is 0. The van der Waals surface area contributed by atoms with Gasteiger partial charge in [0.25, 0.3) is 0 Å². The first-order valence-corrected chi connectivity index (χ1v) is 5.07. The van der Waals surface area contributed by atoms with E-state index in [0.29, 0.717) is 5.41 Å². The zero-order chi connectivity index (χ0) is 7.73. The highest BCUT2D eigenvalue weighted by Gasteiger charge is 2.43. The first-order chi connectivity index (χ1) is 5.37. The summed E-state index contributed by atoms with van der Waals surface area (Å²) in [5, 5.41) is 0. The molecule has 0 aromatic rings. The molecule has 0 spiro atoms. The van der Waals surface area contributed by atoms with E-state index in [4.69, 9.17) is 5.73 Å². The molecule has 0 amide bonds. The normalized spacial score (nSPS) is 30.3. The summed E-state index contributed by atoms with van der Waals surface area (Å²) in [5.74, 6) is 1.00. The molecule has 0 saturated heterocycles. The highest BCUT2D eigenvalue weighted by atomic mass is 14.6. The third-order valence-corrected chi connectivity index (χ3v) is 3.98. The number of hydrogen-bond acceptors (Lipinski definition) is 1. The second kappa shape index (κ2) is 2.78. The zero-order valence-electron chi connectivity index (χ0n) is 7.31. The first-order valence-electron chi connectivity index (χ1n) is 5.07. The van der Waals surface area contributed by atoms with Gasteiger partial charge in [0, 0.05) is 0 Å². The maximum absolute atomic E-state index is 5.85. The average Bonchev–Trinajstić information content (AvgIpc) is 2.39. The lowest BCUT2D eigenvalue weighted by Crippen LogP contribution is -2.42. The Balaban J connectivity index is 1.99. The summed E-state index contributed by atoms with van der Waals surface area (Å²) in [6.45, 7) is 0.956. The fourth-order valence-corrected chi connectivity index (χ4v) is 2.95. The molecule has 64 valence electrons. The minimum absolute atomic E-state index is 0.622. The monoisotopic (exact) mass is 153 g/mol. The lowest BCUT2D eigenvalue weighted by molar-refractivity contribution is 0.0623. The van der Waals surface area contributed by atoms with Crippen LogP contribution in [0.25, 0.3) is 0 Å². The van der Waals surface area contributed by atoms with E-state index in [0.717, 1.165) is 12.5 Å². The van der Waals surface area contributed by atoms with Crippen molar-refractivity contribution in [3.63, 3.8) is 0 Å². The zero-order valence-corrected chi connectivity index (χ0v) is 7.31. The molecule has 1 nitrogen and oxygen atoms in total. The van der Waals surface area contributed by atoms with Crippen molar-refractivity contribution in [1.29, 1.82) is 0 Å². The Hall–Kier alpha value is -0.0400. The van der Waals surface area contributed by atoms with E-state index in [2.05, 4.69) is 0 Å². The van der Waals surface area contributed by atoms with Gasteiger partial charge in [-0.2, -0.15) is 0 Å². The molecule has 2 fully saturated rings. The quantitative estimate of drug-likeness (QED) is 0.647. The topological polar surface area (TPSA) is 26.0 Å². The predicted molar refractivity (Wildman–Crippen MR) is 47.3 cm³/mol. The van der Waals surface area contributed by atoms with Gasteiger partial charge in [-0.1, -0.05) is 19.3 Å². The molecule has 0 aliphatic heterocycles. The van der Waals surface area contributed by atoms with Gasteiger partial charge in [0.05, 0.1) is 0 Å². The van der Waals surface area contributed by atoms with Crippen LogP contribution in [0.15, 0.2) is 0 Å². The first kappa shape index (κ1) is 7.60. The van der Waals surface area contributed by atoms with Crippen molar-refractivity contribution in [2.75, 3.05) is 6.54 Å². The van der Waals surface area contributed by atoms with Gasteiger partial charge in [-0.05, 0) is 43.6 Å². The van der Waals surface area contributed by atoms with Crippen LogP contribution in [0.4, 0.5) is 0 Å². The molecule has 2 rings (SSSR count). The van der Waals surface area contributed by atoms with Crippen LogP contribution in [0.2, 0.25) is 0 Å². The summed E-state index contributed by atoms with van der Waals surface area (Å²) in [5.41, 5.74) is 6.47. The van der Waals surface area contributed by atoms with E-state index in [1.54, 1.807) is 0 Å². The van der Waals surface area contributed by atoms with Crippen molar-refractivity contribution < 1.29 is 0 Å². The summed E-state index contributed by atoms with van der Waals surface area (Å²) in [6.07, 6.45) is 10.2. The van der Waals surface area contributed by atoms with Crippen LogP contribution in [0.3, 0.4) is 0 Å². The molecule has 0 unspecified atom stereocenters. The van der Waals surface area contributed by atoms with E-state index in [1.165, 1.54) is 44.9 Å². The van der Waals surface area contributed by atoms with Crippen LogP contribution in [0, 0.1) is 11.3 Å². The maximum atomic E-state index is 5.85. The SMILES string of the molecule is NCC1(C2CCCC2)CCC1. The molecule has 0 aromatic carbocycles. The molecule has 1 heteroatoms. The molecule has 0 atom stereocenters. The molecule has 2 N–H and O–H groups in total. The van der Waals surface area contributed by atoms with Gasteiger partial charge in [-0.25, -0.2) is 0 Å². The van der Waals surface area contributed by atoms with Crippen molar-refractivity contribution in [2.24, 2.45) is 17.1 Å². The standard InChI is InChI=1S/C10H19N/c11-8-10(6-3-7-10)9-4-1-2-5-9/h9H,1-8,11H2. The van der Waals surface area contributed by atoms with Crippen LogP contribution < -0.4 is 5.73 Å². The Labute approximate surface area is 69.4 Å². The van der Waals surface area contributed by atoms with Crippen molar-refractivity contribution in [3.8, 4) is 0 Å². The molecular formula is C10H19N. The second-order valence-electron chi connectivity index (χ2n) is 4.40. The van der Waals surface area contributed by atoms with Crippen molar-refractivity contribution in [1.82, 2.24) is 0 Å². The fourth-order valence-electron chi connectivity index (χ4n) is 2.95. The smallest absolute Gasteiger partial charge is 0.00179 e. The largest absolute Gasteiger partial charge is 0.330 e. The Morgan fingerprint density at radius 2 is 1.73 bits per heavy atom. The van der Waals surface area contributed by atoms with Gasteiger partial charge in [0.1, 0.15) is 0 Å². The van der Waals surface area contributed by atoms with E-state index >= 15 is 0 Å². The number of rotatable bonds is 2. The predicted octanol–water partition coefficient (Wildman–Crippen LogP) is 2.31. The molecule has 2 aliphatic carbocycles. The minimum atomic E-state index is 0.622. The Bertz CT molecular complexity index is 126. The summed E-state index contributed by atoms with van der Waals surface area (Å²) >= 11 is 0. The third kappa shape index (κ3) is 1.10. The van der Waals surface area contributed by atoms with Crippen LogP contribution in [-0.2, 0) is 0 Å². The molecular weight excluding hydrogens is 134 g/mol. The van der Waals surface area contributed by atoms with Gasteiger partial charge >= 0.3 is 0 Å². The van der Waals surface area contributed by atoms with Crippen molar-refractivity contribution in [3.05, 3.63) is 0 Å². The van der Waals surface area contributed by atoms with Gasteiger partial charge in [-0.15, -0.1) is 0 Å².